The summed E-state index contributed by atoms with van der Waals surface area (Å²) in [7, 11) is 0.580. The number of piperidine rings is 1. The molecule has 0 spiro atoms. The summed E-state index contributed by atoms with van der Waals surface area (Å²) in [6.45, 7) is 0.811. The van der Waals surface area contributed by atoms with Gasteiger partial charge in [0.2, 0.25) is 10.0 Å². The van der Waals surface area contributed by atoms with Crippen LogP contribution < -0.4 is 10.0 Å². The van der Waals surface area contributed by atoms with Crippen LogP contribution in [0.2, 0.25) is 0 Å². The lowest BCUT2D eigenvalue weighted by atomic mass is 10.0. The lowest BCUT2D eigenvalue weighted by molar-refractivity contribution is 0.345. The molecule has 1 aromatic rings. The van der Waals surface area contributed by atoms with Crippen molar-refractivity contribution in [3.8, 4) is 0 Å². The lowest BCUT2D eigenvalue weighted by Crippen LogP contribution is -2.47. The van der Waals surface area contributed by atoms with Crippen LogP contribution in [-0.2, 0) is 16.6 Å². The minimum absolute atomic E-state index is 0. The van der Waals surface area contributed by atoms with E-state index in [4.69, 9.17) is 0 Å². The lowest BCUT2D eigenvalue weighted by Gasteiger charge is -2.29. The zero-order valence-electron chi connectivity index (χ0n) is 13.7. The molecule has 2 aliphatic heterocycles. The molecule has 2 N–H and O–H groups in total. The third-order valence-corrected chi connectivity index (χ3v) is 6.06. The van der Waals surface area contributed by atoms with Gasteiger partial charge in [0.15, 0.2) is 0 Å². The number of rotatable bonds is 5. The van der Waals surface area contributed by atoms with Crippen molar-refractivity contribution in [2.24, 2.45) is 0 Å². The van der Waals surface area contributed by atoms with E-state index in [0.29, 0.717) is 17.0 Å². The maximum absolute atomic E-state index is 12.5. The summed E-state index contributed by atoms with van der Waals surface area (Å²) in [5.74, 6) is 0. The van der Waals surface area contributed by atoms with Crippen LogP contribution in [0.25, 0.3) is 0 Å². The molecule has 2 bridgehead atoms. The highest BCUT2D eigenvalue weighted by Gasteiger charge is 2.35. The second-order valence-electron chi connectivity index (χ2n) is 6.81. The van der Waals surface area contributed by atoms with Gasteiger partial charge in [-0.15, -0.1) is 12.4 Å². The van der Waals surface area contributed by atoms with Gasteiger partial charge in [0.1, 0.15) is 0 Å². The van der Waals surface area contributed by atoms with E-state index in [1.807, 2.05) is 26.2 Å². The molecule has 2 saturated heterocycles. The van der Waals surface area contributed by atoms with Crippen LogP contribution in [-0.4, -0.2) is 45.5 Å². The summed E-state index contributed by atoms with van der Waals surface area (Å²) in [5.41, 5.74) is 1.11. The van der Waals surface area contributed by atoms with Gasteiger partial charge >= 0.3 is 0 Å². The molecule has 1 aromatic carbocycles. The highest BCUT2D eigenvalue weighted by Crippen LogP contribution is 2.27. The van der Waals surface area contributed by atoms with Gasteiger partial charge in [0.25, 0.3) is 0 Å². The van der Waals surface area contributed by atoms with Crippen LogP contribution >= 0.6 is 12.4 Å². The molecular weight excluding hydrogens is 334 g/mol. The van der Waals surface area contributed by atoms with E-state index in [9.17, 15) is 8.42 Å². The molecule has 5 nitrogen and oxygen atoms in total. The standard InChI is InChI=1S/C16H25N3O2S.ClH/c1-19(2)11-12-3-7-16(8-4-12)22(20,21)18-15-9-13-5-6-14(10-15)17-13;/h3-4,7-8,13-15,17-18H,5-6,9-11H2,1-2H3;1H. The maximum atomic E-state index is 12.5. The third-order valence-electron chi connectivity index (χ3n) is 4.53. The van der Waals surface area contributed by atoms with Gasteiger partial charge in [-0.25, -0.2) is 13.1 Å². The van der Waals surface area contributed by atoms with Crippen molar-refractivity contribution in [3.05, 3.63) is 29.8 Å². The molecule has 3 rings (SSSR count). The molecule has 0 amide bonds. The van der Waals surface area contributed by atoms with Crippen LogP contribution in [0.4, 0.5) is 0 Å². The molecule has 0 aliphatic carbocycles. The number of hydrogen-bond donors (Lipinski definition) is 2. The van der Waals surface area contributed by atoms with E-state index in [1.54, 1.807) is 12.1 Å². The van der Waals surface area contributed by atoms with Crippen molar-refractivity contribution in [2.45, 2.75) is 55.2 Å². The van der Waals surface area contributed by atoms with E-state index in [0.717, 1.165) is 24.9 Å². The normalized spacial score (nSPS) is 27.0. The summed E-state index contributed by atoms with van der Waals surface area (Å²) in [4.78, 5) is 2.42. The second kappa shape index (κ2) is 7.49. The van der Waals surface area contributed by atoms with E-state index >= 15 is 0 Å². The Morgan fingerprint density at radius 3 is 2.22 bits per heavy atom. The summed E-state index contributed by atoms with van der Waals surface area (Å²) >= 11 is 0. The Morgan fingerprint density at radius 2 is 1.70 bits per heavy atom. The average Bonchev–Trinajstić information content (AvgIpc) is 2.77. The molecule has 2 aliphatic rings. The number of fused-ring (bicyclic) bond motifs is 2. The first-order chi connectivity index (χ1) is 10.4. The maximum Gasteiger partial charge on any atom is 0.240 e. The fraction of sp³-hybridized carbons (Fsp3) is 0.625. The molecule has 7 heteroatoms. The Kier molecular flexibility index (Phi) is 6.08. The molecule has 2 heterocycles. The Balaban J connectivity index is 0.00000192. The zero-order valence-corrected chi connectivity index (χ0v) is 15.3. The number of sulfonamides is 1. The number of nitrogens with one attached hydrogen (secondary N) is 2. The van der Waals surface area contributed by atoms with Crippen molar-refractivity contribution < 1.29 is 8.42 Å². The fourth-order valence-corrected chi connectivity index (χ4v) is 4.84. The first-order valence-corrected chi connectivity index (χ1v) is 9.43. The van der Waals surface area contributed by atoms with Gasteiger partial charge in [0, 0.05) is 24.7 Å². The van der Waals surface area contributed by atoms with Crippen LogP contribution in [0.5, 0.6) is 0 Å². The Labute approximate surface area is 145 Å². The zero-order chi connectivity index (χ0) is 15.7. The summed E-state index contributed by atoms with van der Waals surface area (Å²) in [6, 6.07) is 8.21. The van der Waals surface area contributed by atoms with Crippen LogP contribution in [0.3, 0.4) is 0 Å². The molecule has 0 saturated carbocycles. The quantitative estimate of drug-likeness (QED) is 0.840. The van der Waals surface area contributed by atoms with Gasteiger partial charge in [-0.2, -0.15) is 0 Å². The van der Waals surface area contributed by atoms with E-state index in [-0.39, 0.29) is 18.4 Å². The molecule has 23 heavy (non-hydrogen) atoms. The minimum Gasteiger partial charge on any atom is -0.311 e. The van der Waals surface area contributed by atoms with Crippen molar-refractivity contribution in [1.29, 1.82) is 0 Å². The topological polar surface area (TPSA) is 61.4 Å². The molecule has 0 radical (unpaired) electrons. The number of benzene rings is 1. The predicted molar refractivity (Wildman–Crippen MR) is 94.4 cm³/mol. The van der Waals surface area contributed by atoms with Crippen molar-refractivity contribution >= 4 is 22.4 Å². The van der Waals surface area contributed by atoms with Crippen LogP contribution in [0.1, 0.15) is 31.2 Å². The van der Waals surface area contributed by atoms with Gasteiger partial charge in [0.05, 0.1) is 4.90 Å². The Bertz CT molecular complexity index is 607. The fourth-order valence-electron chi connectivity index (χ4n) is 3.58. The van der Waals surface area contributed by atoms with Crippen molar-refractivity contribution in [2.75, 3.05) is 14.1 Å². The first kappa shape index (κ1) is 18.7. The monoisotopic (exact) mass is 359 g/mol. The third kappa shape index (κ3) is 4.67. The van der Waals surface area contributed by atoms with E-state index in [2.05, 4.69) is 14.9 Å². The largest absolute Gasteiger partial charge is 0.311 e. The van der Waals surface area contributed by atoms with E-state index < -0.39 is 10.0 Å². The van der Waals surface area contributed by atoms with Crippen LogP contribution in [0, 0.1) is 0 Å². The highest BCUT2D eigenvalue weighted by atomic mass is 35.5. The summed E-state index contributed by atoms with van der Waals surface area (Å²) in [5, 5.41) is 3.53. The molecule has 130 valence electrons. The number of halogens is 1. The molecular formula is C16H26ClN3O2S. The Morgan fingerprint density at radius 1 is 1.13 bits per heavy atom. The summed E-state index contributed by atoms with van der Waals surface area (Å²) in [6.07, 6.45) is 4.13. The van der Waals surface area contributed by atoms with Crippen molar-refractivity contribution in [1.82, 2.24) is 14.9 Å². The molecule has 2 atom stereocenters. The van der Waals surface area contributed by atoms with Crippen LogP contribution in [0.15, 0.2) is 29.2 Å². The summed E-state index contributed by atoms with van der Waals surface area (Å²) < 4.78 is 27.9. The number of nitrogens with zero attached hydrogens (tertiary/aromatic N) is 1. The van der Waals surface area contributed by atoms with Crippen molar-refractivity contribution in [3.63, 3.8) is 0 Å². The second-order valence-corrected chi connectivity index (χ2v) is 8.52. The van der Waals surface area contributed by atoms with E-state index in [1.165, 1.54) is 12.8 Å². The van der Waals surface area contributed by atoms with Gasteiger partial charge < -0.3 is 10.2 Å². The van der Waals surface area contributed by atoms with Gasteiger partial charge in [-0.3, -0.25) is 0 Å². The van der Waals surface area contributed by atoms with Gasteiger partial charge in [-0.05, 0) is 57.5 Å². The first-order valence-electron chi connectivity index (χ1n) is 7.94. The predicted octanol–water partition coefficient (Wildman–Crippen LogP) is 1.73. The highest BCUT2D eigenvalue weighted by molar-refractivity contribution is 7.89. The SMILES string of the molecule is CN(C)Cc1ccc(S(=O)(=O)NC2CC3CCC(C2)N3)cc1.Cl. The minimum atomic E-state index is -3.42. The molecule has 0 aromatic heterocycles. The van der Waals surface area contributed by atoms with Gasteiger partial charge in [-0.1, -0.05) is 12.1 Å². The number of hydrogen-bond acceptors (Lipinski definition) is 4. The smallest absolute Gasteiger partial charge is 0.240 e. The average molecular weight is 360 g/mol. The molecule has 2 unspecified atom stereocenters. The Hall–Kier alpha value is -0.660. The molecule has 2 fully saturated rings.